The Morgan fingerprint density at radius 3 is 2.35 bits per heavy atom. The lowest BCUT2D eigenvalue weighted by Gasteiger charge is -2.18. The minimum Gasteiger partial charge on any atom is -0.343 e. The summed E-state index contributed by atoms with van der Waals surface area (Å²) in [7, 11) is 0. The van der Waals surface area contributed by atoms with Gasteiger partial charge < -0.3 is 4.90 Å². The van der Waals surface area contributed by atoms with Crippen LogP contribution in [-0.4, -0.2) is 23.9 Å². The molecule has 4 heteroatoms. The summed E-state index contributed by atoms with van der Waals surface area (Å²) < 4.78 is 0. The fourth-order valence-corrected chi connectivity index (χ4v) is 2.00. The summed E-state index contributed by atoms with van der Waals surface area (Å²) in [6.07, 6.45) is 1.21. The molecular weight excluding hydrogens is 257 g/mol. The van der Waals surface area contributed by atoms with Crippen LogP contribution in [0.25, 0.3) is 0 Å². The topological polar surface area (TPSA) is 20.3 Å². The summed E-state index contributed by atoms with van der Waals surface area (Å²) in [5, 5.41) is 1.09. The third-order valence-corrected chi connectivity index (χ3v) is 3.47. The summed E-state index contributed by atoms with van der Waals surface area (Å²) in [6.45, 7) is 5.49. The summed E-state index contributed by atoms with van der Waals surface area (Å²) >= 11 is 11.8. The number of carbonyl (C=O) groups excluding carboxylic acids is 1. The molecule has 0 unspecified atom stereocenters. The molecule has 1 amide bonds. The second-order valence-corrected chi connectivity index (χ2v) is 4.63. The fraction of sp³-hybridized carbons (Fsp3) is 0.462. The van der Waals surface area contributed by atoms with Gasteiger partial charge in [0, 0.05) is 19.5 Å². The molecule has 0 N–H and O–H groups in total. The number of benzene rings is 1. The maximum Gasteiger partial charge on any atom is 0.222 e. The zero-order valence-electron chi connectivity index (χ0n) is 10.2. The molecule has 2 nitrogen and oxygen atoms in total. The van der Waals surface area contributed by atoms with Crippen LogP contribution in [0.15, 0.2) is 18.2 Å². The Balaban J connectivity index is 2.55. The highest BCUT2D eigenvalue weighted by atomic mass is 35.5. The molecule has 0 fully saturated rings. The van der Waals surface area contributed by atoms with Crippen molar-refractivity contribution < 1.29 is 4.79 Å². The molecule has 0 bridgehead atoms. The van der Waals surface area contributed by atoms with E-state index in [2.05, 4.69) is 0 Å². The summed E-state index contributed by atoms with van der Waals surface area (Å²) in [6, 6.07) is 5.49. The van der Waals surface area contributed by atoms with E-state index in [0.29, 0.717) is 22.9 Å². The lowest BCUT2D eigenvalue weighted by atomic mass is 10.1. The van der Waals surface area contributed by atoms with Crippen LogP contribution in [0.2, 0.25) is 10.0 Å². The van der Waals surface area contributed by atoms with E-state index >= 15 is 0 Å². The Hall–Kier alpha value is -0.730. The molecule has 1 aromatic carbocycles. The predicted molar refractivity (Wildman–Crippen MR) is 72.7 cm³/mol. The van der Waals surface area contributed by atoms with Crippen LogP contribution in [0.3, 0.4) is 0 Å². The molecule has 0 saturated heterocycles. The highest BCUT2D eigenvalue weighted by Gasteiger charge is 2.09. The highest BCUT2D eigenvalue weighted by Crippen LogP contribution is 2.23. The number of hydrogen-bond donors (Lipinski definition) is 0. The van der Waals surface area contributed by atoms with Crippen molar-refractivity contribution in [3.05, 3.63) is 33.8 Å². The van der Waals surface area contributed by atoms with Gasteiger partial charge in [0.15, 0.2) is 0 Å². The maximum absolute atomic E-state index is 11.8. The van der Waals surface area contributed by atoms with E-state index in [1.807, 2.05) is 30.9 Å². The van der Waals surface area contributed by atoms with E-state index in [1.54, 1.807) is 6.07 Å². The van der Waals surface area contributed by atoms with E-state index < -0.39 is 0 Å². The first-order valence-electron chi connectivity index (χ1n) is 5.80. The number of amides is 1. The van der Waals surface area contributed by atoms with Crippen LogP contribution in [0.1, 0.15) is 25.8 Å². The van der Waals surface area contributed by atoms with Crippen LogP contribution in [0.4, 0.5) is 0 Å². The SMILES string of the molecule is CCN(CC)C(=O)CCc1ccc(Cl)c(Cl)c1. The summed E-state index contributed by atoms with van der Waals surface area (Å²) in [5.74, 6) is 0.182. The number of nitrogens with zero attached hydrogens (tertiary/aromatic N) is 1. The van der Waals surface area contributed by atoms with Gasteiger partial charge in [-0.2, -0.15) is 0 Å². The average molecular weight is 274 g/mol. The van der Waals surface area contributed by atoms with Crippen LogP contribution in [0, 0.1) is 0 Å². The number of hydrogen-bond acceptors (Lipinski definition) is 1. The molecule has 0 radical (unpaired) electrons. The lowest BCUT2D eigenvalue weighted by Crippen LogP contribution is -2.30. The molecular formula is C13H17Cl2NO. The minimum absolute atomic E-state index is 0.182. The Morgan fingerprint density at radius 2 is 1.82 bits per heavy atom. The Kier molecular flexibility index (Phi) is 5.79. The molecule has 0 aliphatic rings. The van der Waals surface area contributed by atoms with Gasteiger partial charge in [-0.3, -0.25) is 4.79 Å². The van der Waals surface area contributed by atoms with Crippen LogP contribution in [-0.2, 0) is 11.2 Å². The maximum atomic E-state index is 11.8. The standard InChI is InChI=1S/C13H17Cl2NO/c1-3-16(4-2)13(17)8-6-10-5-7-11(14)12(15)9-10/h5,7,9H,3-4,6,8H2,1-2H3. The third kappa shape index (κ3) is 4.21. The van der Waals surface area contributed by atoms with Crippen molar-refractivity contribution in [1.82, 2.24) is 4.90 Å². The second kappa shape index (κ2) is 6.87. The summed E-state index contributed by atoms with van der Waals surface area (Å²) in [4.78, 5) is 13.6. The van der Waals surface area contributed by atoms with Crippen LogP contribution in [0.5, 0.6) is 0 Å². The molecule has 1 aromatic rings. The van der Waals surface area contributed by atoms with Crippen molar-refractivity contribution in [3.63, 3.8) is 0 Å². The summed E-state index contributed by atoms with van der Waals surface area (Å²) in [5.41, 5.74) is 1.04. The fourth-order valence-electron chi connectivity index (χ4n) is 1.68. The Morgan fingerprint density at radius 1 is 1.18 bits per heavy atom. The van der Waals surface area contributed by atoms with Gasteiger partial charge in [0.05, 0.1) is 10.0 Å². The number of rotatable bonds is 5. The van der Waals surface area contributed by atoms with E-state index in [-0.39, 0.29) is 5.91 Å². The van der Waals surface area contributed by atoms with Crippen molar-refractivity contribution >= 4 is 29.1 Å². The van der Waals surface area contributed by atoms with E-state index in [0.717, 1.165) is 18.7 Å². The predicted octanol–water partition coefficient (Wildman–Crippen LogP) is 3.79. The van der Waals surface area contributed by atoms with Crippen LogP contribution < -0.4 is 0 Å². The molecule has 0 saturated carbocycles. The molecule has 94 valence electrons. The van der Waals surface area contributed by atoms with Gasteiger partial charge in [0.2, 0.25) is 5.91 Å². The van der Waals surface area contributed by atoms with Crippen molar-refractivity contribution in [1.29, 1.82) is 0 Å². The van der Waals surface area contributed by atoms with Gasteiger partial charge in [-0.05, 0) is 38.0 Å². The highest BCUT2D eigenvalue weighted by molar-refractivity contribution is 6.42. The van der Waals surface area contributed by atoms with Crippen molar-refractivity contribution in [2.45, 2.75) is 26.7 Å². The van der Waals surface area contributed by atoms with Gasteiger partial charge in [-0.15, -0.1) is 0 Å². The zero-order chi connectivity index (χ0) is 12.8. The van der Waals surface area contributed by atoms with Gasteiger partial charge in [-0.25, -0.2) is 0 Å². The van der Waals surface area contributed by atoms with Gasteiger partial charge in [0.1, 0.15) is 0 Å². The average Bonchev–Trinajstić information content (AvgIpc) is 2.32. The molecule has 0 heterocycles. The molecule has 0 aliphatic heterocycles. The number of carbonyl (C=O) groups is 1. The van der Waals surface area contributed by atoms with E-state index in [9.17, 15) is 4.79 Å². The minimum atomic E-state index is 0.182. The number of aryl methyl sites for hydroxylation is 1. The molecule has 17 heavy (non-hydrogen) atoms. The van der Waals surface area contributed by atoms with Crippen molar-refractivity contribution in [3.8, 4) is 0 Å². The first-order chi connectivity index (χ1) is 8.08. The van der Waals surface area contributed by atoms with Gasteiger partial charge in [0.25, 0.3) is 0 Å². The van der Waals surface area contributed by atoms with Gasteiger partial charge in [-0.1, -0.05) is 29.3 Å². The van der Waals surface area contributed by atoms with E-state index in [1.165, 1.54) is 0 Å². The second-order valence-electron chi connectivity index (χ2n) is 3.81. The molecule has 0 spiro atoms. The molecule has 0 aliphatic carbocycles. The zero-order valence-corrected chi connectivity index (χ0v) is 11.7. The first-order valence-corrected chi connectivity index (χ1v) is 6.55. The quantitative estimate of drug-likeness (QED) is 0.799. The van der Waals surface area contributed by atoms with Crippen molar-refractivity contribution in [2.24, 2.45) is 0 Å². The first kappa shape index (κ1) is 14.3. The van der Waals surface area contributed by atoms with E-state index in [4.69, 9.17) is 23.2 Å². The van der Waals surface area contributed by atoms with Crippen molar-refractivity contribution in [2.75, 3.05) is 13.1 Å². The molecule has 1 rings (SSSR count). The third-order valence-electron chi connectivity index (χ3n) is 2.73. The smallest absolute Gasteiger partial charge is 0.222 e. The normalized spacial score (nSPS) is 10.4. The largest absolute Gasteiger partial charge is 0.343 e. The Bertz CT molecular complexity index is 389. The lowest BCUT2D eigenvalue weighted by molar-refractivity contribution is -0.130. The van der Waals surface area contributed by atoms with Gasteiger partial charge >= 0.3 is 0 Å². The molecule has 0 aromatic heterocycles. The Labute approximate surface area is 113 Å². The van der Waals surface area contributed by atoms with Crippen LogP contribution >= 0.6 is 23.2 Å². The monoisotopic (exact) mass is 273 g/mol. The molecule has 0 atom stereocenters. The number of halogens is 2.